The van der Waals surface area contributed by atoms with Gasteiger partial charge in [-0.3, -0.25) is 0 Å². The van der Waals surface area contributed by atoms with Crippen LogP contribution in [0.15, 0.2) is 28.6 Å². The molecule has 1 atom stereocenters. The Morgan fingerprint density at radius 2 is 1.90 bits per heavy atom. The van der Waals surface area contributed by atoms with Crippen molar-refractivity contribution in [2.24, 2.45) is 0 Å². The van der Waals surface area contributed by atoms with Crippen LogP contribution < -0.4 is 5.32 Å². The number of aromatic nitrogens is 2. The van der Waals surface area contributed by atoms with Gasteiger partial charge in [-0.05, 0) is 42.0 Å². The minimum atomic E-state index is 0.201. The summed E-state index contributed by atoms with van der Waals surface area (Å²) in [5.41, 5.74) is 2.89. The van der Waals surface area contributed by atoms with E-state index >= 15 is 0 Å². The molecule has 1 aromatic carbocycles. The van der Waals surface area contributed by atoms with E-state index in [1.165, 1.54) is 22.7 Å². The summed E-state index contributed by atoms with van der Waals surface area (Å²) in [6.45, 7) is 8.66. The van der Waals surface area contributed by atoms with Gasteiger partial charge in [0.25, 0.3) is 0 Å². The monoisotopic (exact) mass is 321 g/mol. The average molecular weight is 322 g/mol. The maximum absolute atomic E-state index is 4.40. The molecule has 0 amide bonds. The highest BCUT2D eigenvalue weighted by molar-refractivity contribution is 8.00. The fraction of sp³-hybridized carbons (Fsp3) is 0.500. The Hall–Kier alpha value is -0.910. The van der Waals surface area contributed by atoms with Crippen LogP contribution >= 0.6 is 23.3 Å². The predicted octanol–water partition coefficient (Wildman–Crippen LogP) is 4.20. The van der Waals surface area contributed by atoms with Crippen LogP contribution in [0.5, 0.6) is 0 Å². The van der Waals surface area contributed by atoms with Crippen molar-refractivity contribution in [3.63, 3.8) is 0 Å². The number of hydrogen-bond acceptors (Lipinski definition) is 5. The molecule has 5 heteroatoms. The molecule has 1 unspecified atom stereocenters. The Morgan fingerprint density at radius 3 is 2.38 bits per heavy atom. The van der Waals surface area contributed by atoms with Gasteiger partial charge in [-0.15, -0.1) is 0 Å². The van der Waals surface area contributed by atoms with Crippen LogP contribution in [-0.4, -0.2) is 22.2 Å². The van der Waals surface area contributed by atoms with Gasteiger partial charge in [0.1, 0.15) is 5.82 Å². The van der Waals surface area contributed by atoms with Gasteiger partial charge >= 0.3 is 0 Å². The highest BCUT2D eigenvalue weighted by Crippen LogP contribution is 2.28. The van der Waals surface area contributed by atoms with Crippen molar-refractivity contribution in [3.05, 3.63) is 41.2 Å². The van der Waals surface area contributed by atoms with E-state index in [2.05, 4.69) is 59.7 Å². The van der Waals surface area contributed by atoms with E-state index in [4.69, 9.17) is 0 Å². The first kappa shape index (κ1) is 16.5. The summed E-state index contributed by atoms with van der Waals surface area (Å²) in [7, 11) is 2.01. The van der Waals surface area contributed by atoms with Gasteiger partial charge in [0.05, 0.1) is 0 Å². The zero-order valence-electron chi connectivity index (χ0n) is 13.3. The molecule has 3 nitrogen and oxygen atoms in total. The molecule has 1 heterocycles. The third-order valence-electron chi connectivity index (χ3n) is 3.41. The summed E-state index contributed by atoms with van der Waals surface area (Å²) >= 11 is 3.24. The fourth-order valence-corrected chi connectivity index (χ4v) is 3.87. The molecular formula is C16H23N3S2. The molecule has 2 aromatic rings. The lowest BCUT2D eigenvalue weighted by Gasteiger charge is -2.21. The van der Waals surface area contributed by atoms with E-state index in [1.54, 1.807) is 11.8 Å². The number of rotatable bonds is 5. The summed E-state index contributed by atoms with van der Waals surface area (Å²) < 4.78 is 5.26. The largest absolute Gasteiger partial charge is 0.312 e. The summed E-state index contributed by atoms with van der Waals surface area (Å²) in [5.74, 6) is 1.82. The highest BCUT2D eigenvalue weighted by atomic mass is 32.2. The summed E-state index contributed by atoms with van der Waals surface area (Å²) in [5, 5.41) is 3.39. The van der Waals surface area contributed by atoms with Crippen LogP contribution in [0.2, 0.25) is 0 Å². The molecule has 0 aliphatic rings. The lowest BCUT2D eigenvalue weighted by atomic mass is 9.86. The van der Waals surface area contributed by atoms with Gasteiger partial charge < -0.3 is 5.32 Å². The smallest absolute Gasteiger partial charge is 0.170 e. The zero-order valence-corrected chi connectivity index (χ0v) is 14.9. The molecule has 2 rings (SSSR count). The standard InChI is InChI=1S/C16H23N3S2/c1-11-18-15(21-19-11)20-10-14(17-5)12-6-8-13(9-7-12)16(2,3)4/h6-9,14,17H,10H2,1-5H3. The van der Waals surface area contributed by atoms with Gasteiger partial charge in [0.2, 0.25) is 0 Å². The van der Waals surface area contributed by atoms with Crippen LogP contribution in [0, 0.1) is 6.92 Å². The number of aryl methyl sites for hydroxylation is 1. The average Bonchev–Trinajstić information content (AvgIpc) is 2.85. The Labute approximate surface area is 135 Å². The van der Waals surface area contributed by atoms with E-state index in [1.807, 2.05) is 14.0 Å². The summed E-state index contributed by atoms with van der Waals surface area (Å²) in [4.78, 5) is 4.40. The quantitative estimate of drug-likeness (QED) is 0.838. The van der Waals surface area contributed by atoms with E-state index in [-0.39, 0.29) is 5.41 Å². The normalized spacial score (nSPS) is 13.4. The Balaban J connectivity index is 2.03. The van der Waals surface area contributed by atoms with Crippen LogP contribution in [-0.2, 0) is 5.41 Å². The Morgan fingerprint density at radius 1 is 1.24 bits per heavy atom. The van der Waals surface area contributed by atoms with Crippen LogP contribution in [0.25, 0.3) is 0 Å². The zero-order chi connectivity index (χ0) is 15.5. The first-order valence-corrected chi connectivity index (χ1v) is 8.87. The maximum atomic E-state index is 4.40. The molecule has 0 radical (unpaired) electrons. The van der Waals surface area contributed by atoms with E-state index in [9.17, 15) is 0 Å². The molecule has 1 N–H and O–H groups in total. The first-order valence-electron chi connectivity index (χ1n) is 7.11. The molecule has 0 fully saturated rings. The second-order valence-corrected chi connectivity index (χ2v) is 8.15. The van der Waals surface area contributed by atoms with Gasteiger partial charge in [-0.2, -0.15) is 4.37 Å². The van der Waals surface area contributed by atoms with Crippen molar-refractivity contribution in [2.75, 3.05) is 12.8 Å². The number of nitrogens with zero attached hydrogens (tertiary/aromatic N) is 2. The molecule has 114 valence electrons. The third-order valence-corrected chi connectivity index (χ3v) is 5.43. The number of thioether (sulfide) groups is 1. The van der Waals surface area contributed by atoms with Crippen LogP contribution in [0.1, 0.15) is 43.8 Å². The van der Waals surface area contributed by atoms with Crippen molar-refractivity contribution < 1.29 is 0 Å². The Bertz CT molecular complexity index is 570. The lowest BCUT2D eigenvalue weighted by Crippen LogP contribution is -2.19. The van der Waals surface area contributed by atoms with E-state index in [0.717, 1.165) is 15.9 Å². The van der Waals surface area contributed by atoms with E-state index in [0.29, 0.717) is 6.04 Å². The molecule has 0 bridgehead atoms. The molecule has 0 saturated carbocycles. The van der Waals surface area contributed by atoms with Gasteiger partial charge in [-0.1, -0.05) is 56.8 Å². The number of hydrogen-bond donors (Lipinski definition) is 1. The van der Waals surface area contributed by atoms with Gasteiger partial charge in [0.15, 0.2) is 4.34 Å². The predicted molar refractivity (Wildman–Crippen MR) is 92.3 cm³/mol. The molecule has 1 aromatic heterocycles. The van der Waals surface area contributed by atoms with E-state index < -0.39 is 0 Å². The van der Waals surface area contributed by atoms with Crippen molar-refractivity contribution in [1.82, 2.24) is 14.7 Å². The summed E-state index contributed by atoms with van der Waals surface area (Å²) in [6, 6.07) is 9.26. The molecule has 21 heavy (non-hydrogen) atoms. The minimum absolute atomic E-state index is 0.201. The Kier molecular flexibility index (Phi) is 5.41. The molecule has 0 aliphatic heterocycles. The van der Waals surface area contributed by atoms with Crippen molar-refractivity contribution in [3.8, 4) is 0 Å². The maximum Gasteiger partial charge on any atom is 0.170 e. The molecular weight excluding hydrogens is 298 g/mol. The van der Waals surface area contributed by atoms with Gasteiger partial charge in [-0.25, -0.2) is 4.98 Å². The second kappa shape index (κ2) is 6.90. The van der Waals surface area contributed by atoms with Crippen LogP contribution in [0.3, 0.4) is 0 Å². The fourth-order valence-electron chi connectivity index (χ4n) is 2.05. The molecule has 0 spiro atoms. The third kappa shape index (κ3) is 4.53. The number of nitrogens with one attached hydrogen (secondary N) is 1. The molecule has 0 saturated heterocycles. The minimum Gasteiger partial charge on any atom is -0.312 e. The first-order chi connectivity index (χ1) is 9.90. The van der Waals surface area contributed by atoms with Crippen molar-refractivity contribution in [2.45, 2.75) is 43.5 Å². The second-order valence-electron chi connectivity index (χ2n) is 6.13. The SMILES string of the molecule is CNC(CSc1nc(C)ns1)c1ccc(C(C)(C)C)cc1. The molecule has 0 aliphatic carbocycles. The van der Waals surface area contributed by atoms with Gasteiger partial charge in [0, 0.05) is 11.8 Å². The summed E-state index contributed by atoms with van der Waals surface area (Å²) in [6.07, 6.45) is 0. The lowest BCUT2D eigenvalue weighted by molar-refractivity contribution is 0.588. The van der Waals surface area contributed by atoms with Crippen LogP contribution in [0.4, 0.5) is 0 Å². The topological polar surface area (TPSA) is 37.8 Å². The highest BCUT2D eigenvalue weighted by Gasteiger charge is 2.15. The number of benzene rings is 1. The van der Waals surface area contributed by atoms with Crippen molar-refractivity contribution >= 4 is 23.3 Å². The van der Waals surface area contributed by atoms with Crippen molar-refractivity contribution in [1.29, 1.82) is 0 Å².